The van der Waals surface area contributed by atoms with Gasteiger partial charge in [-0.3, -0.25) is 14.2 Å². The van der Waals surface area contributed by atoms with Gasteiger partial charge < -0.3 is 5.32 Å². The van der Waals surface area contributed by atoms with Crippen molar-refractivity contribution in [2.75, 3.05) is 6.54 Å². The van der Waals surface area contributed by atoms with Gasteiger partial charge in [-0.25, -0.2) is 4.98 Å². The number of rotatable bonds is 3. The Bertz CT molecular complexity index is 503. The second-order valence-corrected chi connectivity index (χ2v) is 4.09. The highest BCUT2D eigenvalue weighted by molar-refractivity contribution is 14.1. The third-order valence-electron chi connectivity index (χ3n) is 1.84. The number of aromatic nitrogens is 2. The molecule has 0 saturated heterocycles. The van der Waals surface area contributed by atoms with Crippen molar-refractivity contribution in [3.05, 3.63) is 25.9 Å². The molecule has 7 heteroatoms. The van der Waals surface area contributed by atoms with Crippen LogP contribution in [0.5, 0.6) is 0 Å². The van der Waals surface area contributed by atoms with Crippen molar-refractivity contribution in [1.29, 1.82) is 5.26 Å². The Kier molecular flexibility index (Phi) is 4.42. The van der Waals surface area contributed by atoms with E-state index in [4.69, 9.17) is 5.26 Å². The Balaban J connectivity index is 2.84. The first-order valence-corrected chi connectivity index (χ1v) is 5.49. The molecule has 0 spiro atoms. The summed E-state index contributed by atoms with van der Waals surface area (Å²) in [4.78, 5) is 26.9. The molecule has 0 aliphatic carbocycles. The van der Waals surface area contributed by atoms with Gasteiger partial charge in [-0.1, -0.05) is 0 Å². The number of hydrogen-bond donors (Lipinski definition) is 1. The van der Waals surface area contributed by atoms with Gasteiger partial charge in [0.05, 0.1) is 21.7 Å². The summed E-state index contributed by atoms with van der Waals surface area (Å²) in [6, 6.07) is 1.78. The van der Waals surface area contributed by atoms with Crippen LogP contribution in [0.3, 0.4) is 0 Å². The van der Waals surface area contributed by atoms with Crippen LogP contribution in [0, 0.1) is 21.8 Å². The van der Waals surface area contributed by atoms with Crippen LogP contribution in [0.4, 0.5) is 0 Å². The lowest BCUT2D eigenvalue weighted by atomic mass is 10.4. The van der Waals surface area contributed by atoms with E-state index < -0.39 is 0 Å². The van der Waals surface area contributed by atoms with Crippen molar-refractivity contribution in [2.45, 2.75) is 13.5 Å². The van der Waals surface area contributed by atoms with Crippen LogP contribution < -0.4 is 10.9 Å². The summed E-state index contributed by atoms with van der Waals surface area (Å²) in [7, 11) is 0. The number of aryl methyl sites for hydroxylation is 1. The molecule has 1 amide bonds. The van der Waals surface area contributed by atoms with Gasteiger partial charge in [-0.05, 0) is 29.5 Å². The molecule has 0 unspecified atom stereocenters. The number of amides is 1. The fourth-order valence-corrected chi connectivity index (χ4v) is 1.46. The summed E-state index contributed by atoms with van der Waals surface area (Å²) < 4.78 is 1.70. The zero-order valence-electron chi connectivity index (χ0n) is 8.53. The molecule has 16 heavy (non-hydrogen) atoms. The van der Waals surface area contributed by atoms with Crippen LogP contribution in [0.15, 0.2) is 11.1 Å². The van der Waals surface area contributed by atoms with Crippen LogP contribution in [-0.4, -0.2) is 22.0 Å². The van der Waals surface area contributed by atoms with E-state index in [2.05, 4.69) is 10.3 Å². The number of carbonyl (C=O) groups is 1. The predicted molar refractivity (Wildman–Crippen MR) is 64.6 cm³/mol. The smallest absolute Gasteiger partial charge is 0.267 e. The fraction of sp³-hybridized carbons (Fsp3) is 0.333. The molecule has 0 aliphatic heterocycles. The van der Waals surface area contributed by atoms with E-state index in [1.54, 1.807) is 13.0 Å². The van der Waals surface area contributed by atoms with E-state index in [0.717, 1.165) is 0 Å². The first-order chi connectivity index (χ1) is 7.56. The summed E-state index contributed by atoms with van der Waals surface area (Å²) >= 11 is 1.89. The Morgan fingerprint density at radius 2 is 2.44 bits per heavy atom. The highest BCUT2D eigenvalue weighted by Crippen LogP contribution is 2.00. The van der Waals surface area contributed by atoms with Crippen LogP contribution in [0.25, 0.3) is 0 Å². The van der Waals surface area contributed by atoms with Gasteiger partial charge in [0.2, 0.25) is 5.91 Å². The molecule has 0 radical (unpaired) electrons. The van der Waals surface area contributed by atoms with Gasteiger partial charge in [-0.15, -0.1) is 0 Å². The van der Waals surface area contributed by atoms with Crippen molar-refractivity contribution in [3.8, 4) is 6.07 Å². The first kappa shape index (κ1) is 12.6. The number of carbonyl (C=O) groups excluding carboxylic acids is 1. The molecule has 0 aliphatic rings. The molecule has 6 nitrogen and oxygen atoms in total. The standard InChI is InChI=1S/C9H9IN4O2/c1-6-8(10)9(16)14(5-13-6)4-7(15)12-3-2-11/h5H,3-4H2,1H3,(H,12,15). The second kappa shape index (κ2) is 5.60. The Morgan fingerprint density at radius 3 is 3.06 bits per heavy atom. The zero-order valence-corrected chi connectivity index (χ0v) is 10.7. The van der Waals surface area contributed by atoms with Gasteiger partial charge in [0.25, 0.3) is 5.56 Å². The maximum Gasteiger partial charge on any atom is 0.267 e. The van der Waals surface area contributed by atoms with E-state index in [-0.39, 0.29) is 24.6 Å². The van der Waals surface area contributed by atoms with Crippen molar-refractivity contribution in [1.82, 2.24) is 14.9 Å². The van der Waals surface area contributed by atoms with Crippen molar-refractivity contribution < 1.29 is 4.79 Å². The van der Waals surface area contributed by atoms with E-state index in [1.807, 2.05) is 22.6 Å². The van der Waals surface area contributed by atoms with Gasteiger partial charge in [-0.2, -0.15) is 5.26 Å². The molecular weight excluding hydrogens is 323 g/mol. The topological polar surface area (TPSA) is 87.8 Å². The number of nitrogens with zero attached hydrogens (tertiary/aromatic N) is 3. The molecule has 0 atom stereocenters. The van der Waals surface area contributed by atoms with Crippen LogP contribution in [-0.2, 0) is 11.3 Å². The monoisotopic (exact) mass is 332 g/mol. The quantitative estimate of drug-likeness (QED) is 0.613. The van der Waals surface area contributed by atoms with E-state index in [1.165, 1.54) is 10.9 Å². The summed E-state index contributed by atoms with van der Waals surface area (Å²) in [6.45, 7) is 1.54. The summed E-state index contributed by atoms with van der Waals surface area (Å²) in [5.41, 5.74) is 0.388. The fourth-order valence-electron chi connectivity index (χ4n) is 1.01. The lowest BCUT2D eigenvalue weighted by molar-refractivity contribution is -0.121. The number of halogens is 1. The molecule has 1 aromatic rings. The molecule has 1 heterocycles. The van der Waals surface area contributed by atoms with E-state index >= 15 is 0 Å². The number of nitrogens with one attached hydrogen (secondary N) is 1. The number of hydrogen-bond acceptors (Lipinski definition) is 4. The average molecular weight is 332 g/mol. The Hall–Kier alpha value is -1.43. The minimum Gasteiger partial charge on any atom is -0.341 e. The summed E-state index contributed by atoms with van der Waals surface area (Å²) in [5.74, 6) is -0.384. The van der Waals surface area contributed by atoms with Crippen LogP contribution >= 0.6 is 22.6 Å². The van der Waals surface area contributed by atoms with Crippen molar-refractivity contribution in [2.24, 2.45) is 0 Å². The maximum atomic E-state index is 11.7. The first-order valence-electron chi connectivity index (χ1n) is 4.41. The highest BCUT2D eigenvalue weighted by Gasteiger charge is 2.08. The third kappa shape index (κ3) is 3.03. The average Bonchev–Trinajstić information content (AvgIpc) is 2.27. The molecule has 1 rings (SSSR count). The molecular formula is C9H9IN4O2. The minimum absolute atomic E-state index is 0.0655. The molecule has 1 N–H and O–H groups in total. The summed E-state index contributed by atoms with van der Waals surface area (Å²) in [6.07, 6.45) is 1.33. The molecule has 1 aromatic heterocycles. The molecule has 84 valence electrons. The minimum atomic E-state index is -0.384. The van der Waals surface area contributed by atoms with Gasteiger partial charge in [0.15, 0.2) is 0 Å². The predicted octanol–water partition coefficient (Wildman–Crippen LogP) is -0.204. The lowest BCUT2D eigenvalue weighted by Gasteiger charge is -2.06. The van der Waals surface area contributed by atoms with E-state index in [9.17, 15) is 9.59 Å². The third-order valence-corrected chi connectivity index (χ3v) is 3.08. The molecule has 0 bridgehead atoms. The van der Waals surface area contributed by atoms with Crippen LogP contribution in [0.1, 0.15) is 5.69 Å². The van der Waals surface area contributed by atoms with Gasteiger partial charge >= 0.3 is 0 Å². The second-order valence-electron chi connectivity index (χ2n) is 3.01. The SMILES string of the molecule is Cc1ncn(CC(=O)NCC#N)c(=O)c1I. The summed E-state index contributed by atoms with van der Waals surface area (Å²) in [5, 5.41) is 10.6. The molecule has 0 fully saturated rings. The normalized spacial score (nSPS) is 9.56. The van der Waals surface area contributed by atoms with Gasteiger partial charge in [0.1, 0.15) is 13.1 Å². The number of nitriles is 1. The van der Waals surface area contributed by atoms with Crippen molar-refractivity contribution in [3.63, 3.8) is 0 Å². The molecule has 0 saturated carbocycles. The van der Waals surface area contributed by atoms with Crippen LogP contribution in [0.2, 0.25) is 0 Å². The Morgan fingerprint density at radius 1 is 1.75 bits per heavy atom. The zero-order chi connectivity index (χ0) is 12.1. The Labute approximate surface area is 105 Å². The van der Waals surface area contributed by atoms with Crippen molar-refractivity contribution >= 4 is 28.5 Å². The lowest BCUT2D eigenvalue weighted by Crippen LogP contribution is -2.33. The van der Waals surface area contributed by atoms with Gasteiger partial charge in [0, 0.05) is 0 Å². The highest BCUT2D eigenvalue weighted by atomic mass is 127. The maximum absolute atomic E-state index is 11.7. The molecule has 0 aromatic carbocycles. The largest absolute Gasteiger partial charge is 0.341 e. The van der Waals surface area contributed by atoms with E-state index in [0.29, 0.717) is 9.26 Å².